The summed E-state index contributed by atoms with van der Waals surface area (Å²) in [5.41, 5.74) is 0.873. The molecule has 10 heteroatoms. The first-order chi connectivity index (χ1) is 9.66. The Hall–Kier alpha value is -1.81. The molecule has 0 unspecified atom stereocenters. The molecular formula is C11H15N3O5S2. The van der Waals surface area contributed by atoms with Gasteiger partial charge in [-0.05, 0) is 24.3 Å². The Morgan fingerprint density at radius 1 is 1.19 bits per heavy atom. The molecule has 0 aromatic heterocycles. The Balaban J connectivity index is 2.11. The lowest BCUT2D eigenvalue weighted by atomic mass is 10.2. The highest BCUT2D eigenvalue weighted by Gasteiger charge is 2.21. The van der Waals surface area contributed by atoms with E-state index in [0.29, 0.717) is 18.8 Å². The summed E-state index contributed by atoms with van der Waals surface area (Å²) in [5.74, 6) is 0. The molecule has 1 saturated heterocycles. The molecule has 116 valence electrons. The zero-order chi connectivity index (χ0) is 15.7. The van der Waals surface area contributed by atoms with E-state index in [1.165, 1.54) is 17.0 Å². The summed E-state index contributed by atoms with van der Waals surface area (Å²) in [4.78, 5) is 13.0. The number of nitrogens with one attached hydrogen (secondary N) is 2. The van der Waals surface area contributed by atoms with E-state index in [1.54, 1.807) is 12.1 Å². The van der Waals surface area contributed by atoms with Crippen molar-refractivity contribution in [1.29, 1.82) is 0 Å². The molecule has 1 aromatic rings. The largest absolute Gasteiger partial charge is 0.336 e. The molecular weight excluding hydrogens is 318 g/mol. The maximum Gasteiger partial charge on any atom is 0.321 e. The minimum absolute atomic E-state index is 0.208. The van der Waals surface area contributed by atoms with Gasteiger partial charge in [-0.25, -0.2) is 21.6 Å². The van der Waals surface area contributed by atoms with Crippen LogP contribution in [0.3, 0.4) is 0 Å². The summed E-state index contributed by atoms with van der Waals surface area (Å²) in [6, 6.07) is 5.91. The van der Waals surface area contributed by atoms with Gasteiger partial charge in [0.2, 0.25) is 10.0 Å². The Bertz CT molecular complexity index is 741. The van der Waals surface area contributed by atoms with Crippen LogP contribution in [-0.4, -0.2) is 47.3 Å². The fraction of sp³-hybridized carbons (Fsp3) is 0.364. The molecule has 0 radical (unpaired) electrons. The molecule has 1 aromatic carbocycles. The molecule has 0 bridgehead atoms. The lowest BCUT2D eigenvalue weighted by molar-refractivity contribution is 0.252. The highest BCUT2D eigenvalue weighted by atomic mass is 32.3. The van der Waals surface area contributed by atoms with E-state index in [9.17, 15) is 21.6 Å². The molecule has 1 heterocycles. The number of rotatable bonds is 5. The van der Waals surface area contributed by atoms with Crippen LogP contribution in [0, 0.1) is 0 Å². The van der Waals surface area contributed by atoms with Crippen molar-refractivity contribution in [2.24, 2.45) is 0 Å². The minimum atomic E-state index is -3.97. The third-order valence-corrected chi connectivity index (χ3v) is 6.18. The highest BCUT2D eigenvalue weighted by molar-refractivity contribution is 8.08. The van der Waals surface area contributed by atoms with Gasteiger partial charge in [0.05, 0.1) is 0 Å². The van der Waals surface area contributed by atoms with Gasteiger partial charge in [0.15, 0.2) is 14.9 Å². The van der Waals surface area contributed by atoms with Crippen LogP contribution in [0.4, 0.5) is 16.2 Å². The van der Waals surface area contributed by atoms with Crippen molar-refractivity contribution in [3.8, 4) is 0 Å². The van der Waals surface area contributed by atoms with Gasteiger partial charge in [-0.1, -0.05) is 0 Å². The molecule has 8 nitrogen and oxygen atoms in total. The van der Waals surface area contributed by atoms with E-state index in [0.717, 1.165) is 6.26 Å². The van der Waals surface area contributed by atoms with Crippen LogP contribution >= 0.6 is 0 Å². The molecule has 2 N–H and O–H groups in total. The SMILES string of the molecule is CS(=O)(=O)CS(=O)(=O)Nc1ccc(N2CCNC2=O)cc1. The lowest BCUT2D eigenvalue weighted by Crippen LogP contribution is -2.27. The van der Waals surface area contributed by atoms with Gasteiger partial charge in [0.25, 0.3) is 0 Å². The van der Waals surface area contributed by atoms with Gasteiger partial charge >= 0.3 is 6.03 Å². The van der Waals surface area contributed by atoms with Crippen LogP contribution in [0.5, 0.6) is 0 Å². The van der Waals surface area contributed by atoms with Crippen LogP contribution in [0.15, 0.2) is 24.3 Å². The number of benzene rings is 1. The first-order valence-corrected chi connectivity index (χ1v) is 9.71. The number of hydrogen-bond acceptors (Lipinski definition) is 5. The summed E-state index contributed by atoms with van der Waals surface area (Å²) in [5, 5.41) is 1.68. The fourth-order valence-electron chi connectivity index (χ4n) is 1.92. The summed E-state index contributed by atoms with van der Waals surface area (Å²) in [7, 11) is -7.61. The molecule has 0 atom stereocenters. The van der Waals surface area contributed by atoms with Crippen LogP contribution in [0.25, 0.3) is 0 Å². The lowest BCUT2D eigenvalue weighted by Gasteiger charge is -2.15. The average molecular weight is 333 g/mol. The van der Waals surface area contributed by atoms with E-state index in [1.807, 2.05) is 0 Å². The topological polar surface area (TPSA) is 113 Å². The Kier molecular flexibility index (Phi) is 4.10. The zero-order valence-corrected chi connectivity index (χ0v) is 12.9. The van der Waals surface area contributed by atoms with Gasteiger partial charge in [-0.3, -0.25) is 9.62 Å². The third kappa shape index (κ3) is 4.33. The number of nitrogens with zero attached hydrogens (tertiary/aromatic N) is 1. The fourth-order valence-corrected chi connectivity index (χ4v) is 4.90. The van der Waals surface area contributed by atoms with Gasteiger partial charge in [-0.15, -0.1) is 0 Å². The second-order valence-electron chi connectivity index (χ2n) is 4.69. The molecule has 1 aliphatic rings. The van der Waals surface area contributed by atoms with Gasteiger partial charge in [0, 0.05) is 30.7 Å². The van der Waals surface area contributed by atoms with E-state index in [2.05, 4.69) is 10.0 Å². The van der Waals surface area contributed by atoms with Crippen molar-refractivity contribution in [2.75, 3.05) is 34.1 Å². The van der Waals surface area contributed by atoms with Crippen LogP contribution in [-0.2, 0) is 19.9 Å². The predicted molar refractivity (Wildman–Crippen MR) is 79.4 cm³/mol. The van der Waals surface area contributed by atoms with E-state index in [-0.39, 0.29) is 11.7 Å². The summed E-state index contributed by atoms with van der Waals surface area (Å²) in [6.07, 6.45) is 0.849. The van der Waals surface area contributed by atoms with E-state index in [4.69, 9.17) is 0 Å². The molecule has 2 rings (SSSR count). The standard InChI is InChI=1S/C11H15N3O5S2/c1-20(16,17)8-21(18,19)13-9-2-4-10(5-3-9)14-7-6-12-11(14)15/h2-5,13H,6-8H2,1H3,(H,12,15). The average Bonchev–Trinajstić information content (AvgIpc) is 2.72. The minimum Gasteiger partial charge on any atom is -0.336 e. The molecule has 2 amide bonds. The van der Waals surface area contributed by atoms with Crippen LogP contribution in [0.1, 0.15) is 0 Å². The molecule has 1 fully saturated rings. The number of amides is 2. The summed E-state index contributed by atoms with van der Waals surface area (Å²) >= 11 is 0. The van der Waals surface area contributed by atoms with Crippen molar-refractivity contribution < 1.29 is 21.6 Å². The molecule has 0 aliphatic carbocycles. The van der Waals surface area contributed by atoms with Crippen LogP contribution < -0.4 is 14.9 Å². The smallest absolute Gasteiger partial charge is 0.321 e. The Labute approximate surface area is 123 Å². The zero-order valence-electron chi connectivity index (χ0n) is 11.2. The maximum atomic E-state index is 11.6. The second-order valence-corrected chi connectivity index (χ2v) is 8.92. The van der Waals surface area contributed by atoms with Crippen molar-refractivity contribution in [3.05, 3.63) is 24.3 Å². The number of urea groups is 1. The highest BCUT2D eigenvalue weighted by Crippen LogP contribution is 2.20. The van der Waals surface area contributed by atoms with Crippen molar-refractivity contribution >= 4 is 37.3 Å². The second kappa shape index (κ2) is 5.53. The quantitative estimate of drug-likeness (QED) is 0.785. The third-order valence-electron chi connectivity index (χ3n) is 2.68. The van der Waals surface area contributed by atoms with Crippen molar-refractivity contribution in [1.82, 2.24) is 5.32 Å². The molecule has 21 heavy (non-hydrogen) atoms. The van der Waals surface area contributed by atoms with Crippen molar-refractivity contribution in [2.45, 2.75) is 0 Å². The number of carbonyl (C=O) groups excluding carboxylic acids is 1. The number of sulfone groups is 1. The molecule has 1 aliphatic heterocycles. The number of hydrogen-bond donors (Lipinski definition) is 2. The maximum absolute atomic E-state index is 11.6. The van der Waals surface area contributed by atoms with Crippen LogP contribution in [0.2, 0.25) is 0 Å². The van der Waals surface area contributed by atoms with Gasteiger partial charge in [-0.2, -0.15) is 0 Å². The predicted octanol–water partition coefficient (Wildman–Crippen LogP) is -0.0400. The first-order valence-electron chi connectivity index (χ1n) is 6.00. The summed E-state index contributed by atoms with van der Waals surface area (Å²) < 4.78 is 47.5. The number of carbonyl (C=O) groups is 1. The number of sulfonamides is 1. The van der Waals surface area contributed by atoms with Gasteiger partial charge in [0.1, 0.15) is 0 Å². The monoisotopic (exact) mass is 333 g/mol. The van der Waals surface area contributed by atoms with Gasteiger partial charge < -0.3 is 5.32 Å². The Morgan fingerprint density at radius 3 is 2.29 bits per heavy atom. The summed E-state index contributed by atoms with van der Waals surface area (Å²) in [6.45, 7) is 1.10. The van der Waals surface area contributed by atoms with Crippen molar-refractivity contribution in [3.63, 3.8) is 0 Å². The Morgan fingerprint density at radius 2 is 1.81 bits per heavy atom. The van der Waals surface area contributed by atoms with E-state index >= 15 is 0 Å². The van der Waals surface area contributed by atoms with E-state index < -0.39 is 24.9 Å². The normalized spacial score (nSPS) is 15.9. The molecule has 0 spiro atoms. The first kappa shape index (κ1) is 15.6. The molecule has 0 saturated carbocycles. The number of anilines is 2.